The van der Waals surface area contributed by atoms with Crippen LogP contribution in [0.1, 0.15) is 0 Å². The van der Waals surface area contributed by atoms with Crippen LogP contribution in [-0.2, 0) is 7.05 Å². The normalized spacial score (nSPS) is 11.2. The minimum atomic E-state index is -0.161. The highest BCUT2D eigenvalue weighted by molar-refractivity contribution is 7.17. The van der Waals surface area contributed by atoms with Gasteiger partial charge in [0.1, 0.15) is 4.70 Å². The summed E-state index contributed by atoms with van der Waals surface area (Å²) in [4.78, 5) is 24.1. The van der Waals surface area contributed by atoms with Gasteiger partial charge < -0.3 is 9.55 Å². The third-order valence-corrected chi connectivity index (χ3v) is 4.80. The number of hydrogen-bond acceptors (Lipinski definition) is 4. The first kappa shape index (κ1) is 14.2. The molecule has 4 aromatic rings. The summed E-state index contributed by atoms with van der Waals surface area (Å²) in [5, 5.41) is 2.58. The quantitative estimate of drug-likeness (QED) is 0.604. The Kier molecular flexibility index (Phi) is 3.28. The van der Waals surface area contributed by atoms with Gasteiger partial charge in [-0.1, -0.05) is 23.7 Å². The molecule has 0 bridgehead atoms. The molecule has 0 aliphatic carbocycles. The number of imidazole rings is 1. The number of nitrogens with zero attached hydrogens (tertiary/aromatic N) is 3. The van der Waals surface area contributed by atoms with Gasteiger partial charge in [-0.25, -0.2) is 9.97 Å². The lowest BCUT2D eigenvalue weighted by Gasteiger charge is -2.03. The van der Waals surface area contributed by atoms with E-state index in [-0.39, 0.29) is 5.56 Å². The molecule has 0 unspecified atom stereocenters. The Morgan fingerprint density at radius 3 is 2.96 bits per heavy atom. The zero-order chi connectivity index (χ0) is 16.0. The molecule has 1 N–H and O–H groups in total. The van der Waals surface area contributed by atoms with Gasteiger partial charge in [0.2, 0.25) is 0 Å². The summed E-state index contributed by atoms with van der Waals surface area (Å²) in [5.41, 5.74) is 2.34. The molecule has 23 heavy (non-hydrogen) atoms. The first-order valence-corrected chi connectivity index (χ1v) is 8.14. The van der Waals surface area contributed by atoms with E-state index < -0.39 is 0 Å². The lowest BCUT2D eigenvalue weighted by Crippen LogP contribution is -2.09. The van der Waals surface area contributed by atoms with Crippen molar-refractivity contribution in [2.75, 3.05) is 0 Å². The number of aromatic nitrogens is 4. The van der Waals surface area contributed by atoms with Crippen molar-refractivity contribution in [1.82, 2.24) is 19.5 Å². The Morgan fingerprint density at radius 1 is 1.35 bits per heavy atom. The SMILES string of the molecule is Cn1ccnc1-c1nc2c(-c3cccc(Cl)c3)csc2c(=O)[nH]1. The highest BCUT2D eigenvalue weighted by atomic mass is 35.5. The zero-order valence-electron chi connectivity index (χ0n) is 12.1. The molecule has 0 fully saturated rings. The first-order valence-electron chi connectivity index (χ1n) is 6.88. The van der Waals surface area contributed by atoms with Crippen LogP contribution in [0.4, 0.5) is 0 Å². The van der Waals surface area contributed by atoms with Crippen LogP contribution in [0.25, 0.3) is 33.0 Å². The summed E-state index contributed by atoms with van der Waals surface area (Å²) in [5.74, 6) is 1.07. The minimum absolute atomic E-state index is 0.161. The van der Waals surface area contributed by atoms with Crippen molar-refractivity contribution in [3.05, 3.63) is 57.4 Å². The standard InChI is InChI=1S/C16H11ClN4OS/c1-21-6-5-18-15(21)14-19-12-11(8-23-13(12)16(22)20-14)9-3-2-4-10(17)7-9/h2-8H,1H3,(H,19,20,22). The van der Waals surface area contributed by atoms with Gasteiger partial charge in [0.15, 0.2) is 11.6 Å². The first-order chi connectivity index (χ1) is 11.1. The number of rotatable bonds is 2. The number of thiophene rings is 1. The van der Waals surface area contributed by atoms with Gasteiger partial charge in [-0.05, 0) is 17.7 Å². The van der Waals surface area contributed by atoms with Crippen LogP contribution < -0.4 is 5.56 Å². The topological polar surface area (TPSA) is 63.6 Å². The smallest absolute Gasteiger partial charge is 0.269 e. The highest BCUT2D eigenvalue weighted by Gasteiger charge is 2.15. The van der Waals surface area contributed by atoms with Crippen molar-refractivity contribution in [3.63, 3.8) is 0 Å². The number of H-pyrrole nitrogens is 1. The second-order valence-electron chi connectivity index (χ2n) is 5.11. The fraction of sp³-hybridized carbons (Fsp3) is 0.0625. The maximum Gasteiger partial charge on any atom is 0.269 e. The average molecular weight is 343 g/mol. The Balaban J connectivity index is 2.00. The van der Waals surface area contributed by atoms with E-state index in [1.807, 2.05) is 47.5 Å². The van der Waals surface area contributed by atoms with E-state index in [1.54, 1.807) is 6.20 Å². The predicted octanol–water partition coefficient (Wildman–Crippen LogP) is 3.71. The van der Waals surface area contributed by atoms with E-state index in [2.05, 4.69) is 15.0 Å². The van der Waals surface area contributed by atoms with Crippen molar-refractivity contribution < 1.29 is 0 Å². The Morgan fingerprint density at radius 2 is 2.22 bits per heavy atom. The zero-order valence-corrected chi connectivity index (χ0v) is 13.6. The van der Waals surface area contributed by atoms with Gasteiger partial charge in [-0.15, -0.1) is 11.3 Å². The Labute approximate surface area is 140 Å². The van der Waals surface area contributed by atoms with E-state index >= 15 is 0 Å². The molecule has 0 amide bonds. The van der Waals surface area contributed by atoms with Gasteiger partial charge >= 0.3 is 0 Å². The van der Waals surface area contributed by atoms with E-state index in [0.29, 0.717) is 26.9 Å². The molecule has 0 saturated carbocycles. The fourth-order valence-electron chi connectivity index (χ4n) is 2.49. The van der Waals surface area contributed by atoms with E-state index in [4.69, 9.17) is 11.6 Å². The van der Waals surface area contributed by atoms with Crippen LogP contribution in [0.2, 0.25) is 5.02 Å². The van der Waals surface area contributed by atoms with E-state index in [1.165, 1.54) is 11.3 Å². The van der Waals surface area contributed by atoms with Crippen LogP contribution in [0.3, 0.4) is 0 Å². The van der Waals surface area contributed by atoms with Crippen molar-refractivity contribution in [2.24, 2.45) is 7.05 Å². The number of hydrogen-bond donors (Lipinski definition) is 1. The number of fused-ring (bicyclic) bond motifs is 1. The van der Waals surface area contributed by atoms with E-state index in [0.717, 1.165) is 11.1 Å². The number of aromatic amines is 1. The van der Waals surface area contributed by atoms with Gasteiger partial charge in [0, 0.05) is 35.4 Å². The molecule has 0 saturated heterocycles. The van der Waals surface area contributed by atoms with Gasteiger partial charge in [-0.2, -0.15) is 0 Å². The van der Waals surface area contributed by atoms with Crippen molar-refractivity contribution in [3.8, 4) is 22.8 Å². The number of nitrogens with one attached hydrogen (secondary N) is 1. The van der Waals surface area contributed by atoms with Crippen molar-refractivity contribution in [1.29, 1.82) is 0 Å². The monoisotopic (exact) mass is 342 g/mol. The largest absolute Gasteiger partial charge is 0.331 e. The third kappa shape index (κ3) is 2.36. The molecular weight excluding hydrogens is 332 g/mol. The molecule has 4 rings (SSSR count). The summed E-state index contributed by atoms with van der Waals surface area (Å²) < 4.78 is 2.41. The maximum absolute atomic E-state index is 12.4. The summed E-state index contributed by atoms with van der Waals surface area (Å²) >= 11 is 7.45. The predicted molar refractivity (Wildman–Crippen MR) is 92.9 cm³/mol. The van der Waals surface area contributed by atoms with Crippen LogP contribution in [0.5, 0.6) is 0 Å². The molecule has 114 valence electrons. The number of benzene rings is 1. The lowest BCUT2D eigenvalue weighted by atomic mass is 10.1. The Bertz CT molecular complexity index is 1080. The molecule has 0 atom stereocenters. The van der Waals surface area contributed by atoms with Crippen LogP contribution in [-0.4, -0.2) is 19.5 Å². The summed E-state index contributed by atoms with van der Waals surface area (Å²) in [7, 11) is 1.86. The highest BCUT2D eigenvalue weighted by Crippen LogP contribution is 2.32. The molecular formula is C16H11ClN4OS. The molecule has 7 heteroatoms. The summed E-state index contributed by atoms with van der Waals surface area (Å²) in [6.45, 7) is 0. The molecule has 5 nitrogen and oxygen atoms in total. The molecule has 0 radical (unpaired) electrons. The molecule has 3 aromatic heterocycles. The molecule has 0 aliphatic rings. The molecule has 0 spiro atoms. The van der Waals surface area contributed by atoms with Gasteiger partial charge in [0.25, 0.3) is 5.56 Å². The number of aryl methyl sites for hydroxylation is 1. The van der Waals surface area contributed by atoms with Crippen molar-refractivity contribution in [2.45, 2.75) is 0 Å². The molecule has 0 aliphatic heterocycles. The maximum atomic E-state index is 12.4. The second-order valence-corrected chi connectivity index (χ2v) is 6.43. The van der Waals surface area contributed by atoms with E-state index in [9.17, 15) is 4.79 Å². The van der Waals surface area contributed by atoms with Crippen LogP contribution in [0.15, 0.2) is 46.8 Å². The lowest BCUT2D eigenvalue weighted by molar-refractivity contribution is 0.907. The minimum Gasteiger partial charge on any atom is -0.331 e. The van der Waals surface area contributed by atoms with Crippen LogP contribution >= 0.6 is 22.9 Å². The van der Waals surface area contributed by atoms with Gasteiger partial charge in [-0.3, -0.25) is 4.79 Å². The Hall–Kier alpha value is -2.44. The number of halogens is 1. The fourth-order valence-corrected chi connectivity index (χ4v) is 3.59. The molecule has 1 aromatic carbocycles. The average Bonchev–Trinajstić information content (AvgIpc) is 3.13. The summed E-state index contributed by atoms with van der Waals surface area (Å²) in [6, 6.07) is 7.52. The van der Waals surface area contributed by atoms with Crippen LogP contribution in [0, 0.1) is 0 Å². The summed E-state index contributed by atoms with van der Waals surface area (Å²) in [6.07, 6.45) is 3.48. The van der Waals surface area contributed by atoms with Gasteiger partial charge in [0.05, 0.1) is 5.52 Å². The second kappa shape index (κ2) is 5.33. The third-order valence-electron chi connectivity index (χ3n) is 3.60. The van der Waals surface area contributed by atoms with Crippen molar-refractivity contribution >= 4 is 33.2 Å². The molecule has 3 heterocycles.